The zero-order valence-corrected chi connectivity index (χ0v) is 11.5. The third-order valence-electron chi connectivity index (χ3n) is 2.98. The van der Waals surface area contributed by atoms with Gasteiger partial charge in [-0.15, -0.1) is 0 Å². The lowest BCUT2D eigenvalue weighted by molar-refractivity contribution is -0.153. The molecule has 2 rings (SSSR count). The first-order valence-electron chi connectivity index (χ1n) is 6.56. The van der Waals surface area contributed by atoms with E-state index < -0.39 is 17.8 Å². The molecule has 0 aliphatic heterocycles. The van der Waals surface area contributed by atoms with Gasteiger partial charge >= 0.3 is 5.97 Å². The maximum absolute atomic E-state index is 13.0. The van der Waals surface area contributed by atoms with Crippen LogP contribution in [0.25, 0.3) is 0 Å². The van der Waals surface area contributed by atoms with Gasteiger partial charge in [0.05, 0.1) is 12.6 Å². The Kier molecular flexibility index (Phi) is 4.81. The Labute approximate surface area is 121 Å². The summed E-state index contributed by atoms with van der Waals surface area (Å²) in [6.45, 7) is 1.78. The lowest BCUT2D eigenvalue weighted by Crippen LogP contribution is -2.23. The quantitative estimate of drug-likeness (QED) is 0.604. The topological polar surface area (TPSA) is 61.2 Å². The normalized spacial score (nSPS) is 11.9. The maximum atomic E-state index is 13.0. The summed E-state index contributed by atoms with van der Waals surface area (Å²) in [5.41, 5.74) is 0.692. The number of nitrogens with zero attached hydrogens (tertiary/aromatic N) is 2. The molecular formula is C15H15FN2O3. The number of ether oxygens (including phenoxy) is 1. The number of hydrogen-bond donors (Lipinski definition) is 0. The molecule has 21 heavy (non-hydrogen) atoms. The highest BCUT2D eigenvalue weighted by molar-refractivity contribution is 6.33. The van der Waals surface area contributed by atoms with E-state index in [9.17, 15) is 14.0 Å². The van der Waals surface area contributed by atoms with E-state index >= 15 is 0 Å². The van der Waals surface area contributed by atoms with Crippen LogP contribution in [0.3, 0.4) is 0 Å². The molecule has 0 saturated carbocycles. The lowest BCUT2D eigenvalue weighted by atomic mass is 10.0. The second-order valence-electron chi connectivity index (χ2n) is 4.40. The predicted octanol–water partition coefficient (Wildman–Crippen LogP) is 2.13. The highest BCUT2D eigenvalue weighted by atomic mass is 19.1. The van der Waals surface area contributed by atoms with Gasteiger partial charge in [0.1, 0.15) is 5.82 Å². The molecule has 0 N–H and O–H groups in total. The minimum Gasteiger partial charge on any atom is -0.460 e. The van der Waals surface area contributed by atoms with Gasteiger partial charge in [0.25, 0.3) is 0 Å². The van der Waals surface area contributed by atoms with Crippen LogP contribution in [-0.2, 0) is 14.3 Å². The molecule has 5 nitrogen and oxygen atoms in total. The van der Waals surface area contributed by atoms with Crippen LogP contribution in [0.15, 0.2) is 42.7 Å². The van der Waals surface area contributed by atoms with Crippen molar-refractivity contribution in [2.24, 2.45) is 0 Å². The van der Waals surface area contributed by atoms with E-state index in [-0.39, 0.29) is 18.8 Å². The maximum Gasteiger partial charge on any atom is 0.374 e. The molecule has 2 aromatic rings. The van der Waals surface area contributed by atoms with Crippen LogP contribution in [0.1, 0.15) is 24.9 Å². The molecule has 0 fully saturated rings. The lowest BCUT2D eigenvalue weighted by Gasteiger charge is -2.17. The molecular weight excluding hydrogens is 275 g/mol. The Balaban J connectivity index is 2.23. The zero-order valence-electron chi connectivity index (χ0n) is 11.5. The van der Waals surface area contributed by atoms with Crippen LogP contribution in [0.2, 0.25) is 0 Å². The van der Waals surface area contributed by atoms with Crippen LogP contribution in [-0.4, -0.2) is 28.1 Å². The van der Waals surface area contributed by atoms with Crippen molar-refractivity contribution in [1.82, 2.24) is 9.78 Å². The average Bonchev–Trinajstić information content (AvgIpc) is 3.00. The molecule has 1 aromatic carbocycles. The number of carbonyl (C=O) groups excluding carboxylic acids is 2. The number of ketones is 1. The Morgan fingerprint density at radius 3 is 2.62 bits per heavy atom. The van der Waals surface area contributed by atoms with E-state index in [4.69, 9.17) is 4.74 Å². The van der Waals surface area contributed by atoms with Gasteiger partial charge in [-0.2, -0.15) is 5.10 Å². The number of carbonyl (C=O) groups is 2. The largest absolute Gasteiger partial charge is 0.460 e. The van der Waals surface area contributed by atoms with Gasteiger partial charge in [-0.25, -0.2) is 9.18 Å². The van der Waals surface area contributed by atoms with Crippen molar-refractivity contribution < 1.29 is 18.7 Å². The van der Waals surface area contributed by atoms with E-state index in [0.717, 1.165) is 0 Å². The second-order valence-corrected chi connectivity index (χ2v) is 4.40. The number of halogens is 1. The number of rotatable bonds is 6. The van der Waals surface area contributed by atoms with Crippen molar-refractivity contribution in [3.05, 3.63) is 54.1 Å². The zero-order chi connectivity index (χ0) is 15.2. The highest BCUT2D eigenvalue weighted by Gasteiger charge is 2.23. The summed E-state index contributed by atoms with van der Waals surface area (Å²) in [6.07, 6.45) is 3.17. The summed E-state index contributed by atoms with van der Waals surface area (Å²) >= 11 is 0. The van der Waals surface area contributed by atoms with Crippen LogP contribution in [0.5, 0.6) is 0 Å². The summed E-state index contributed by atoms with van der Waals surface area (Å²) in [5, 5.41) is 4.09. The van der Waals surface area contributed by atoms with Gasteiger partial charge in [0.15, 0.2) is 0 Å². The van der Waals surface area contributed by atoms with Crippen molar-refractivity contribution in [2.45, 2.75) is 19.4 Å². The monoisotopic (exact) mass is 290 g/mol. The summed E-state index contributed by atoms with van der Waals surface area (Å²) in [5.74, 6) is -1.87. The van der Waals surface area contributed by atoms with E-state index in [2.05, 4.69) is 5.10 Å². The van der Waals surface area contributed by atoms with Gasteiger partial charge < -0.3 is 4.74 Å². The summed E-state index contributed by atoms with van der Waals surface area (Å²) in [4.78, 5) is 23.4. The standard InChI is InChI=1S/C15H15FN2O3/c1-2-21-15(20)14(19)10-13(18-9-3-8-17-18)11-4-6-12(16)7-5-11/h3-9,13H,2,10H2,1H3. The predicted molar refractivity (Wildman–Crippen MR) is 73.0 cm³/mol. The smallest absolute Gasteiger partial charge is 0.374 e. The molecule has 1 heterocycles. The van der Waals surface area contributed by atoms with Gasteiger partial charge in [0.2, 0.25) is 5.78 Å². The van der Waals surface area contributed by atoms with Crippen molar-refractivity contribution in [3.8, 4) is 0 Å². The minimum absolute atomic E-state index is 0.0911. The van der Waals surface area contributed by atoms with Crippen molar-refractivity contribution in [3.63, 3.8) is 0 Å². The molecule has 0 bridgehead atoms. The molecule has 0 aliphatic rings. The van der Waals surface area contributed by atoms with E-state index in [1.54, 1.807) is 42.2 Å². The fourth-order valence-electron chi connectivity index (χ4n) is 1.98. The Hall–Kier alpha value is -2.50. The van der Waals surface area contributed by atoms with Gasteiger partial charge in [0, 0.05) is 18.8 Å². The van der Waals surface area contributed by atoms with Crippen LogP contribution in [0, 0.1) is 5.82 Å². The van der Waals surface area contributed by atoms with Gasteiger partial charge in [-0.3, -0.25) is 9.48 Å². The second kappa shape index (κ2) is 6.78. The number of Topliss-reactive ketones (excluding diaryl/α,β-unsaturated/α-hetero) is 1. The third kappa shape index (κ3) is 3.75. The van der Waals surface area contributed by atoms with Crippen molar-refractivity contribution in [1.29, 1.82) is 0 Å². The van der Waals surface area contributed by atoms with Crippen molar-refractivity contribution >= 4 is 11.8 Å². The first kappa shape index (κ1) is 14.9. The fourth-order valence-corrected chi connectivity index (χ4v) is 1.98. The van der Waals surface area contributed by atoms with Gasteiger partial charge in [-0.1, -0.05) is 12.1 Å². The fraction of sp³-hybridized carbons (Fsp3) is 0.267. The number of hydrogen-bond acceptors (Lipinski definition) is 4. The number of esters is 1. The highest BCUT2D eigenvalue weighted by Crippen LogP contribution is 2.22. The Morgan fingerprint density at radius 2 is 2.05 bits per heavy atom. The minimum atomic E-state index is -0.864. The van der Waals surface area contributed by atoms with Crippen molar-refractivity contribution in [2.75, 3.05) is 6.61 Å². The molecule has 0 amide bonds. The molecule has 0 radical (unpaired) electrons. The number of benzene rings is 1. The Morgan fingerprint density at radius 1 is 1.33 bits per heavy atom. The van der Waals surface area contributed by atoms with Crippen LogP contribution in [0.4, 0.5) is 4.39 Å². The van der Waals surface area contributed by atoms with Crippen LogP contribution >= 0.6 is 0 Å². The molecule has 0 spiro atoms. The first-order valence-corrected chi connectivity index (χ1v) is 6.56. The SMILES string of the molecule is CCOC(=O)C(=O)CC(c1ccc(F)cc1)n1cccn1. The summed E-state index contributed by atoms with van der Waals surface area (Å²) in [6, 6.07) is 6.99. The average molecular weight is 290 g/mol. The molecule has 0 aliphatic carbocycles. The van der Waals surface area contributed by atoms with Gasteiger partial charge in [-0.05, 0) is 30.7 Å². The molecule has 6 heteroatoms. The van der Waals surface area contributed by atoms with E-state index in [0.29, 0.717) is 5.56 Å². The molecule has 110 valence electrons. The molecule has 1 atom stereocenters. The van der Waals surface area contributed by atoms with E-state index in [1.165, 1.54) is 12.1 Å². The summed E-state index contributed by atoms with van der Waals surface area (Å²) < 4.78 is 19.3. The number of aromatic nitrogens is 2. The Bertz CT molecular complexity index is 608. The molecule has 1 unspecified atom stereocenters. The molecule has 1 aromatic heterocycles. The van der Waals surface area contributed by atoms with Crippen LogP contribution < -0.4 is 0 Å². The molecule has 0 saturated heterocycles. The third-order valence-corrected chi connectivity index (χ3v) is 2.98. The first-order chi connectivity index (χ1) is 10.1. The van der Waals surface area contributed by atoms with E-state index in [1.807, 2.05) is 0 Å². The summed E-state index contributed by atoms with van der Waals surface area (Å²) in [7, 11) is 0.